The molecule has 2 N–H and O–H groups in total. The molecule has 8 heteroatoms. The molecule has 114 valence electrons. The zero-order valence-corrected chi connectivity index (χ0v) is 12.9. The number of fused-ring (bicyclic) bond motifs is 1. The van der Waals surface area contributed by atoms with Gasteiger partial charge in [-0.15, -0.1) is 0 Å². The van der Waals surface area contributed by atoms with Crippen molar-refractivity contribution < 1.29 is 9.53 Å². The quantitative estimate of drug-likeness (QED) is 0.928. The zero-order valence-electron chi connectivity index (χ0n) is 11.4. The molecule has 1 aromatic heterocycles. The zero-order chi connectivity index (χ0) is 15.7. The van der Waals surface area contributed by atoms with Gasteiger partial charge in [-0.2, -0.15) is 0 Å². The molecule has 0 aliphatic carbocycles. The Morgan fingerprint density at radius 3 is 2.95 bits per heavy atom. The highest BCUT2D eigenvalue weighted by Gasteiger charge is 2.25. The number of ether oxygens (including phenoxy) is 1. The van der Waals surface area contributed by atoms with Crippen LogP contribution in [0.25, 0.3) is 0 Å². The predicted molar refractivity (Wildman–Crippen MR) is 82.7 cm³/mol. The summed E-state index contributed by atoms with van der Waals surface area (Å²) < 4.78 is 5.45. The van der Waals surface area contributed by atoms with Crippen LogP contribution in [0.3, 0.4) is 0 Å². The number of benzene rings is 1. The van der Waals surface area contributed by atoms with Crippen molar-refractivity contribution in [2.75, 3.05) is 12.3 Å². The summed E-state index contributed by atoms with van der Waals surface area (Å²) in [6, 6.07) is 4.84. The van der Waals surface area contributed by atoms with Gasteiger partial charge in [0.2, 0.25) is 5.95 Å². The van der Waals surface area contributed by atoms with E-state index in [9.17, 15) is 4.79 Å². The number of amides is 1. The van der Waals surface area contributed by atoms with E-state index < -0.39 is 0 Å². The van der Waals surface area contributed by atoms with Crippen molar-refractivity contribution in [1.29, 1.82) is 0 Å². The summed E-state index contributed by atoms with van der Waals surface area (Å²) >= 11 is 11.8. The Hall–Kier alpha value is -2.05. The molecule has 0 saturated heterocycles. The lowest BCUT2D eigenvalue weighted by molar-refractivity contribution is -0.134. The predicted octanol–water partition coefficient (Wildman–Crippen LogP) is 2.29. The smallest absolute Gasteiger partial charge is 0.261 e. The van der Waals surface area contributed by atoms with Gasteiger partial charge in [0.05, 0.1) is 17.3 Å². The molecule has 22 heavy (non-hydrogen) atoms. The van der Waals surface area contributed by atoms with Crippen LogP contribution in [-0.2, 0) is 17.9 Å². The van der Waals surface area contributed by atoms with Crippen molar-refractivity contribution >= 4 is 35.1 Å². The van der Waals surface area contributed by atoms with Crippen LogP contribution in [0.1, 0.15) is 11.3 Å². The first-order valence-corrected chi connectivity index (χ1v) is 7.24. The number of hydrogen-bond acceptors (Lipinski definition) is 5. The van der Waals surface area contributed by atoms with Crippen molar-refractivity contribution in [3.8, 4) is 5.75 Å². The van der Waals surface area contributed by atoms with E-state index in [2.05, 4.69) is 9.97 Å². The van der Waals surface area contributed by atoms with Crippen LogP contribution in [0.5, 0.6) is 5.75 Å². The average molecular weight is 339 g/mol. The Kier molecular flexibility index (Phi) is 4.04. The minimum Gasteiger partial charge on any atom is -0.482 e. The molecule has 0 atom stereocenters. The molecule has 0 saturated carbocycles. The summed E-state index contributed by atoms with van der Waals surface area (Å²) in [6.07, 6.45) is 1.64. The maximum Gasteiger partial charge on any atom is 0.261 e. The molecular formula is C14H12Cl2N4O2. The Bertz CT molecular complexity index is 739. The van der Waals surface area contributed by atoms with Gasteiger partial charge >= 0.3 is 0 Å². The van der Waals surface area contributed by atoms with Crippen LogP contribution >= 0.6 is 23.2 Å². The Labute approximate surface area is 136 Å². The summed E-state index contributed by atoms with van der Waals surface area (Å²) in [4.78, 5) is 21.9. The second kappa shape index (κ2) is 5.98. The van der Waals surface area contributed by atoms with E-state index in [1.165, 1.54) is 0 Å². The SMILES string of the molecule is Nc1ncc2c(n1)CN(C(=O)COc1ccc(Cl)cc1Cl)C2. The Balaban J connectivity index is 1.62. The molecule has 0 radical (unpaired) electrons. The maximum atomic E-state index is 12.2. The third kappa shape index (κ3) is 3.08. The van der Waals surface area contributed by atoms with Gasteiger partial charge in [0.15, 0.2) is 6.61 Å². The van der Waals surface area contributed by atoms with Crippen LogP contribution in [0.4, 0.5) is 5.95 Å². The van der Waals surface area contributed by atoms with E-state index in [1.54, 1.807) is 29.3 Å². The van der Waals surface area contributed by atoms with Gasteiger partial charge < -0.3 is 15.4 Å². The van der Waals surface area contributed by atoms with Crippen molar-refractivity contribution in [2.24, 2.45) is 0 Å². The number of nitrogens with two attached hydrogens (primary N) is 1. The first kappa shape index (κ1) is 14.9. The lowest BCUT2D eigenvalue weighted by Gasteiger charge is -2.15. The van der Waals surface area contributed by atoms with Gasteiger partial charge in [-0.05, 0) is 18.2 Å². The molecule has 1 aliphatic rings. The third-order valence-electron chi connectivity index (χ3n) is 3.27. The second-order valence-electron chi connectivity index (χ2n) is 4.81. The van der Waals surface area contributed by atoms with Crippen LogP contribution in [0.15, 0.2) is 24.4 Å². The number of nitrogens with zero attached hydrogens (tertiary/aromatic N) is 3. The van der Waals surface area contributed by atoms with E-state index in [1.807, 2.05) is 0 Å². The summed E-state index contributed by atoms with van der Waals surface area (Å²) in [6.45, 7) is 0.739. The molecule has 6 nitrogen and oxygen atoms in total. The van der Waals surface area contributed by atoms with E-state index >= 15 is 0 Å². The molecule has 0 fully saturated rings. The van der Waals surface area contributed by atoms with Crippen molar-refractivity contribution in [3.63, 3.8) is 0 Å². The van der Waals surface area contributed by atoms with E-state index in [0.717, 1.165) is 11.3 Å². The Morgan fingerprint density at radius 2 is 2.18 bits per heavy atom. The fourth-order valence-electron chi connectivity index (χ4n) is 2.17. The van der Waals surface area contributed by atoms with Crippen LogP contribution in [0.2, 0.25) is 10.0 Å². The van der Waals surface area contributed by atoms with Gasteiger partial charge in [0, 0.05) is 23.3 Å². The average Bonchev–Trinajstić information content (AvgIpc) is 2.89. The topological polar surface area (TPSA) is 81.3 Å². The molecular weight excluding hydrogens is 327 g/mol. The molecule has 0 bridgehead atoms. The van der Waals surface area contributed by atoms with Gasteiger partial charge in [-0.3, -0.25) is 4.79 Å². The lowest BCUT2D eigenvalue weighted by Crippen LogP contribution is -2.30. The van der Waals surface area contributed by atoms with Gasteiger partial charge in [-0.25, -0.2) is 9.97 Å². The van der Waals surface area contributed by atoms with E-state index in [4.69, 9.17) is 33.7 Å². The molecule has 1 aliphatic heterocycles. The molecule has 1 aromatic carbocycles. The molecule has 3 rings (SSSR count). The fourth-order valence-corrected chi connectivity index (χ4v) is 2.63. The number of hydrogen-bond donors (Lipinski definition) is 1. The van der Waals surface area contributed by atoms with Gasteiger partial charge in [0.1, 0.15) is 5.75 Å². The van der Waals surface area contributed by atoms with E-state index in [-0.39, 0.29) is 18.5 Å². The molecule has 0 spiro atoms. The molecule has 2 heterocycles. The normalized spacial score (nSPS) is 13.1. The molecule has 1 amide bonds. The number of nitrogen functional groups attached to an aromatic ring is 1. The van der Waals surface area contributed by atoms with Crippen molar-refractivity contribution in [2.45, 2.75) is 13.1 Å². The lowest BCUT2D eigenvalue weighted by atomic mass is 10.3. The minimum atomic E-state index is -0.164. The first-order chi connectivity index (χ1) is 10.5. The summed E-state index contributed by atoms with van der Waals surface area (Å²) in [5, 5.41) is 0.874. The fraction of sp³-hybridized carbons (Fsp3) is 0.214. The third-order valence-corrected chi connectivity index (χ3v) is 3.80. The standard InChI is InChI=1S/C14H12Cl2N4O2/c15-9-1-2-12(10(16)3-9)22-7-13(21)20-5-8-4-18-14(17)19-11(8)6-20/h1-4H,5-7H2,(H2,17,18,19). The number of rotatable bonds is 3. The highest BCUT2D eigenvalue weighted by molar-refractivity contribution is 6.35. The number of anilines is 1. The number of aromatic nitrogens is 2. The maximum absolute atomic E-state index is 12.2. The molecule has 0 unspecified atom stereocenters. The molecule has 2 aromatic rings. The van der Waals surface area contributed by atoms with E-state index in [0.29, 0.717) is 28.9 Å². The van der Waals surface area contributed by atoms with Crippen molar-refractivity contribution in [3.05, 3.63) is 45.7 Å². The highest BCUT2D eigenvalue weighted by atomic mass is 35.5. The number of carbonyl (C=O) groups is 1. The number of carbonyl (C=O) groups excluding carboxylic acids is 1. The summed E-state index contributed by atoms with van der Waals surface area (Å²) in [5.74, 6) is 0.458. The largest absolute Gasteiger partial charge is 0.482 e. The summed E-state index contributed by atoms with van der Waals surface area (Å²) in [7, 11) is 0. The summed E-state index contributed by atoms with van der Waals surface area (Å²) in [5.41, 5.74) is 7.20. The monoisotopic (exact) mass is 338 g/mol. The van der Waals surface area contributed by atoms with Crippen LogP contribution in [-0.4, -0.2) is 27.4 Å². The van der Waals surface area contributed by atoms with Gasteiger partial charge in [0.25, 0.3) is 5.91 Å². The minimum absolute atomic E-state index is 0.113. The van der Waals surface area contributed by atoms with Crippen LogP contribution in [0, 0.1) is 0 Å². The van der Waals surface area contributed by atoms with Crippen LogP contribution < -0.4 is 10.5 Å². The number of halogens is 2. The Morgan fingerprint density at radius 1 is 1.36 bits per heavy atom. The first-order valence-electron chi connectivity index (χ1n) is 6.49. The second-order valence-corrected chi connectivity index (χ2v) is 5.66. The highest BCUT2D eigenvalue weighted by Crippen LogP contribution is 2.28. The van der Waals surface area contributed by atoms with Gasteiger partial charge in [-0.1, -0.05) is 23.2 Å². The van der Waals surface area contributed by atoms with Crippen molar-refractivity contribution in [1.82, 2.24) is 14.9 Å².